The lowest BCUT2D eigenvalue weighted by atomic mass is 10.0. The molecule has 0 aromatic heterocycles. The Bertz CT molecular complexity index is 431. The van der Waals surface area contributed by atoms with Crippen LogP contribution in [0.1, 0.15) is 25.3 Å². The van der Waals surface area contributed by atoms with E-state index < -0.39 is 18.6 Å². The van der Waals surface area contributed by atoms with E-state index in [0.29, 0.717) is 18.5 Å². The van der Waals surface area contributed by atoms with Gasteiger partial charge in [0.1, 0.15) is 6.67 Å². The number of aliphatic hydroxyl groups excluding tert-OH is 1. The molecule has 0 fully saturated rings. The number of halogens is 1. The first-order valence-electron chi connectivity index (χ1n) is 6.13. The molecule has 0 spiro atoms. The summed E-state index contributed by atoms with van der Waals surface area (Å²) in [6.07, 6.45) is 0.0607. The Balaban J connectivity index is 2.41. The SMILES string of the molecule is CC(=O)Nc1ccc(CCC(O)CC(=O)CF)cc1. The highest BCUT2D eigenvalue weighted by Gasteiger charge is 2.10. The van der Waals surface area contributed by atoms with Gasteiger partial charge in [0.25, 0.3) is 0 Å². The summed E-state index contributed by atoms with van der Waals surface area (Å²) in [4.78, 5) is 21.6. The van der Waals surface area contributed by atoms with Crippen molar-refractivity contribution in [1.82, 2.24) is 0 Å². The van der Waals surface area contributed by atoms with E-state index in [1.165, 1.54) is 6.92 Å². The maximum atomic E-state index is 12.0. The average molecular weight is 267 g/mol. The van der Waals surface area contributed by atoms with Gasteiger partial charge < -0.3 is 10.4 Å². The van der Waals surface area contributed by atoms with Gasteiger partial charge in [0, 0.05) is 19.0 Å². The Kier molecular flexibility index (Phi) is 6.15. The van der Waals surface area contributed by atoms with Gasteiger partial charge >= 0.3 is 0 Å². The maximum absolute atomic E-state index is 12.0. The van der Waals surface area contributed by atoms with Gasteiger partial charge in [-0.2, -0.15) is 0 Å². The van der Waals surface area contributed by atoms with Crippen LogP contribution in [0.2, 0.25) is 0 Å². The molecule has 0 radical (unpaired) electrons. The fourth-order valence-corrected chi connectivity index (χ4v) is 1.71. The highest BCUT2D eigenvalue weighted by molar-refractivity contribution is 5.88. The van der Waals surface area contributed by atoms with Gasteiger partial charge in [-0.25, -0.2) is 4.39 Å². The Labute approximate surface area is 111 Å². The molecule has 4 nitrogen and oxygen atoms in total. The molecular formula is C14H18FNO3. The number of Topliss-reactive ketones (excluding diaryl/α,β-unsaturated/α-hetero) is 1. The smallest absolute Gasteiger partial charge is 0.221 e. The molecule has 1 aromatic rings. The van der Waals surface area contributed by atoms with Gasteiger partial charge in [0.05, 0.1) is 6.10 Å². The molecule has 0 saturated heterocycles. The number of aryl methyl sites for hydroxylation is 1. The van der Waals surface area contributed by atoms with Gasteiger partial charge in [0.2, 0.25) is 5.91 Å². The molecule has 0 aliphatic carbocycles. The van der Waals surface area contributed by atoms with Crippen LogP contribution in [0, 0.1) is 0 Å². The van der Waals surface area contributed by atoms with Gasteiger partial charge in [-0.15, -0.1) is 0 Å². The number of carbonyl (C=O) groups is 2. The van der Waals surface area contributed by atoms with E-state index in [1.54, 1.807) is 12.1 Å². The van der Waals surface area contributed by atoms with E-state index in [-0.39, 0.29) is 12.3 Å². The molecular weight excluding hydrogens is 249 g/mol. The molecule has 0 aliphatic rings. The van der Waals surface area contributed by atoms with E-state index in [9.17, 15) is 19.1 Å². The first-order chi connectivity index (χ1) is 9.01. The van der Waals surface area contributed by atoms with Crippen molar-refractivity contribution in [2.24, 2.45) is 0 Å². The van der Waals surface area contributed by atoms with Crippen molar-refractivity contribution >= 4 is 17.4 Å². The zero-order valence-corrected chi connectivity index (χ0v) is 10.9. The van der Waals surface area contributed by atoms with Gasteiger partial charge in [0.15, 0.2) is 5.78 Å². The Hall–Kier alpha value is -1.75. The molecule has 0 bridgehead atoms. The second kappa shape index (κ2) is 7.63. The number of carbonyl (C=O) groups excluding carboxylic acids is 2. The van der Waals surface area contributed by atoms with Crippen LogP contribution in [-0.4, -0.2) is 29.6 Å². The number of rotatable bonds is 7. The predicted octanol–water partition coefficient (Wildman–Crippen LogP) is 1.87. The van der Waals surface area contributed by atoms with Gasteiger partial charge in [-0.05, 0) is 30.5 Å². The summed E-state index contributed by atoms with van der Waals surface area (Å²) in [5, 5.41) is 12.2. The lowest BCUT2D eigenvalue weighted by Gasteiger charge is -2.09. The number of alkyl halides is 1. The Morgan fingerprint density at radius 3 is 2.47 bits per heavy atom. The average Bonchev–Trinajstić information content (AvgIpc) is 2.37. The number of aliphatic hydroxyl groups is 1. The van der Waals surface area contributed by atoms with Crippen LogP contribution in [0.25, 0.3) is 0 Å². The van der Waals surface area contributed by atoms with Crippen LogP contribution in [0.3, 0.4) is 0 Å². The third-order valence-corrected chi connectivity index (χ3v) is 2.65. The molecule has 0 saturated carbocycles. The van der Waals surface area contributed by atoms with Crippen LogP contribution in [0.4, 0.5) is 10.1 Å². The molecule has 1 aromatic carbocycles. The lowest BCUT2D eigenvalue weighted by molar-refractivity contribution is -0.121. The minimum Gasteiger partial charge on any atom is -0.393 e. The summed E-state index contributed by atoms with van der Waals surface area (Å²) in [5.74, 6) is -0.707. The molecule has 0 heterocycles. The Morgan fingerprint density at radius 1 is 1.32 bits per heavy atom. The quantitative estimate of drug-likeness (QED) is 0.792. The van der Waals surface area contributed by atoms with Gasteiger partial charge in [-0.3, -0.25) is 9.59 Å². The molecule has 1 unspecified atom stereocenters. The number of benzene rings is 1. The van der Waals surface area contributed by atoms with Crippen molar-refractivity contribution in [3.8, 4) is 0 Å². The van der Waals surface area contributed by atoms with E-state index in [1.807, 2.05) is 12.1 Å². The molecule has 19 heavy (non-hydrogen) atoms. The first-order valence-corrected chi connectivity index (χ1v) is 6.13. The minimum atomic E-state index is -1.03. The number of nitrogens with one attached hydrogen (secondary N) is 1. The van der Waals surface area contributed by atoms with Crippen molar-refractivity contribution in [2.45, 2.75) is 32.3 Å². The summed E-state index contributed by atoms with van der Waals surface area (Å²) in [5.41, 5.74) is 1.70. The molecule has 1 rings (SSSR count). The summed E-state index contributed by atoms with van der Waals surface area (Å²) in [6, 6.07) is 7.23. The number of anilines is 1. The van der Waals surface area contributed by atoms with E-state index in [0.717, 1.165) is 5.56 Å². The lowest BCUT2D eigenvalue weighted by Crippen LogP contribution is -2.15. The largest absolute Gasteiger partial charge is 0.393 e. The van der Waals surface area contributed by atoms with Crippen LogP contribution < -0.4 is 5.32 Å². The van der Waals surface area contributed by atoms with E-state index in [4.69, 9.17) is 0 Å². The minimum absolute atomic E-state index is 0.132. The fraction of sp³-hybridized carbons (Fsp3) is 0.429. The van der Waals surface area contributed by atoms with Crippen molar-refractivity contribution in [3.63, 3.8) is 0 Å². The Morgan fingerprint density at radius 2 is 1.95 bits per heavy atom. The summed E-state index contributed by atoms with van der Waals surface area (Å²) < 4.78 is 12.0. The van der Waals surface area contributed by atoms with Gasteiger partial charge in [-0.1, -0.05) is 12.1 Å². The second-order valence-corrected chi connectivity index (χ2v) is 4.45. The van der Waals surface area contributed by atoms with Crippen molar-refractivity contribution in [1.29, 1.82) is 0 Å². The molecule has 1 atom stereocenters. The van der Waals surface area contributed by atoms with Crippen LogP contribution >= 0.6 is 0 Å². The van der Waals surface area contributed by atoms with E-state index >= 15 is 0 Å². The third kappa shape index (κ3) is 6.10. The number of hydrogen-bond donors (Lipinski definition) is 2. The second-order valence-electron chi connectivity index (χ2n) is 4.45. The summed E-state index contributed by atoms with van der Waals surface area (Å²) in [6.45, 7) is 0.411. The van der Waals surface area contributed by atoms with Crippen molar-refractivity contribution in [2.75, 3.05) is 12.0 Å². The number of ketones is 1. The number of hydrogen-bond acceptors (Lipinski definition) is 3. The molecule has 5 heteroatoms. The summed E-state index contributed by atoms with van der Waals surface area (Å²) in [7, 11) is 0. The molecule has 0 aliphatic heterocycles. The zero-order chi connectivity index (χ0) is 14.3. The van der Waals surface area contributed by atoms with Crippen LogP contribution in [0.5, 0.6) is 0 Å². The number of amides is 1. The topological polar surface area (TPSA) is 66.4 Å². The highest BCUT2D eigenvalue weighted by atomic mass is 19.1. The van der Waals surface area contributed by atoms with Crippen LogP contribution in [0.15, 0.2) is 24.3 Å². The fourth-order valence-electron chi connectivity index (χ4n) is 1.71. The third-order valence-electron chi connectivity index (χ3n) is 2.65. The molecule has 1 amide bonds. The van der Waals surface area contributed by atoms with Crippen molar-refractivity contribution < 1.29 is 19.1 Å². The first kappa shape index (κ1) is 15.3. The summed E-state index contributed by atoms with van der Waals surface area (Å²) >= 11 is 0. The van der Waals surface area contributed by atoms with Crippen LogP contribution in [-0.2, 0) is 16.0 Å². The highest BCUT2D eigenvalue weighted by Crippen LogP contribution is 2.12. The predicted molar refractivity (Wildman–Crippen MR) is 70.7 cm³/mol. The van der Waals surface area contributed by atoms with Crippen molar-refractivity contribution in [3.05, 3.63) is 29.8 Å². The molecule has 2 N–H and O–H groups in total. The normalized spacial score (nSPS) is 11.9. The zero-order valence-electron chi connectivity index (χ0n) is 10.9. The molecule has 104 valence electrons. The van der Waals surface area contributed by atoms with E-state index in [2.05, 4.69) is 5.32 Å². The monoisotopic (exact) mass is 267 g/mol. The standard InChI is InChI=1S/C14H18FNO3/c1-10(17)16-12-5-2-11(3-6-12)4-7-13(18)8-14(19)9-15/h2-3,5-6,13,18H,4,7-9H2,1H3,(H,16,17). The maximum Gasteiger partial charge on any atom is 0.221 e.